The lowest BCUT2D eigenvalue weighted by molar-refractivity contribution is 0.387. The van der Waals surface area contributed by atoms with Gasteiger partial charge in [-0.05, 0) is 62.0 Å². The van der Waals surface area contributed by atoms with Gasteiger partial charge in [-0.3, -0.25) is 0 Å². The molecule has 1 heterocycles. The Labute approximate surface area is 95.9 Å². The van der Waals surface area contributed by atoms with Gasteiger partial charge in [0.15, 0.2) is 0 Å². The SMILES string of the molecule is CC(NC1CCCc2sccc21)C1CC1. The van der Waals surface area contributed by atoms with Crippen molar-refractivity contribution < 1.29 is 0 Å². The summed E-state index contributed by atoms with van der Waals surface area (Å²) >= 11 is 1.94. The Hall–Kier alpha value is -0.340. The highest BCUT2D eigenvalue weighted by Gasteiger charge is 2.30. The zero-order valence-electron chi connectivity index (χ0n) is 9.33. The van der Waals surface area contributed by atoms with Crippen LogP contribution in [0, 0.1) is 5.92 Å². The van der Waals surface area contributed by atoms with Gasteiger partial charge < -0.3 is 5.32 Å². The van der Waals surface area contributed by atoms with Gasteiger partial charge in [-0.1, -0.05) is 0 Å². The third kappa shape index (κ3) is 1.98. The topological polar surface area (TPSA) is 12.0 Å². The molecule has 1 saturated carbocycles. The molecule has 2 atom stereocenters. The van der Waals surface area contributed by atoms with Gasteiger partial charge in [0, 0.05) is 17.0 Å². The highest BCUT2D eigenvalue weighted by molar-refractivity contribution is 7.10. The first-order valence-corrected chi connectivity index (χ1v) is 7.05. The van der Waals surface area contributed by atoms with Crippen molar-refractivity contribution in [2.24, 2.45) is 5.92 Å². The summed E-state index contributed by atoms with van der Waals surface area (Å²) < 4.78 is 0. The third-order valence-corrected chi connectivity index (χ3v) is 4.84. The maximum atomic E-state index is 3.83. The van der Waals surface area contributed by atoms with Crippen LogP contribution in [0.5, 0.6) is 0 Å². The Morgan fingerprint density at radius 2 is 2.27 bits per heavy atom. The fraction of sp³-hybridized carbons (Fsp3) is 0.692. The molecule has 0 aliphatic heterocycles. The number of thiophene rings is 1. The summed E-state index contributed by atoms with van der Waals surface area (Å²) in [5, 5.41) is 6.09. The average molecular weight is 221 g/mol. The zero-order valence-corrected chi connectivity index (χ0v) is 10.1. The molecule has 1 aromatic rings. The van der Waals surface area contributed by atoms with Crippen LogP contribution < -0.4 is 5.32 Å². The predicted molar refractivity (Wildman–Crippen MR) is 65.3 cm³/mol. The van der Waals surface area contributed by atoms with Crippen molar-refractivity contribution in [2.75, 3.05) is 0 Å². The van der Waals surface area contributed by atoms with Gasteiger partial charge in [0.1, 0.15) is 0 Å². The molecule has 1 N–H and O–H groups in total. The fourth-order valence-corrected chi connectivity index (χ4v) is 3.70. The van der Waals surface area contributed by atoms with E-state index >= 15 is 0 Å². The number of hydrogen-bond donors (Lipinski definition) is 1. The Bertz CT molecular complexity index is 340. The largest absolute Gasteiger partial charge is 0.307 e. The Kier molecular flexibility index (Phi) is 2.57. The van der Waals surface area contributed by atoms with Crippen LogP contribution in [0.4, 0.5) is 0 Å². The van der Waals surface area contributed by atoms with Gasteiger partial charge >= 0.3 is 0 Å². The van der Waals surface area contributed by atoms with Crippen LogP contribution in [0.15, 0.2) is 11.4 Å². The average Bonchev–Trinajstić information content (AvgIpc) is 2.97. The summed E-state index contributed by atoms with van der Waals surface area (Å²) in [6.45, 7) is 2.36. The molecule has 2 aliphatic rings. The van der Waals surface area contributed by atoms with Crippen molar-refractivity contribution in [3.63, 3.8) is 0 Å². The maximum Gasteiger partial charge on any atom is 0.0333 e. The second-order valence-corrected chi connectivity index (χ2v) is 6.04. The van der Waals surface area contributed by atoms with E-state index in [1.54, 1.807) is 10.4 Å². The Morgan fingerprint density at radius 1 is 1.40 bits per heavy atom. The highest BCUT2D eigenvalue weighted by atomic mass is 32.1. The fourth-order valence-electron chi connectivity index (χ4n) is 2.71. The first-order valence-electron chi connectivity index (χ1n) is 6.17. The van der Waals surface area contributed by atoms with Crippen molar-refractivity contribution in [3.8, 4) is 0 Å². The third-order valence-electron chi connectivity index (χ3n) is 3.85. The molecule has 0 saturated heterocycles. The number of nitrogens with one attached hydrogen (secondary N) is 1. The summed E-state index contributed by atoms with van der Waals surface area (Å²) in [5.74, 6) is 0.967. The zero-order chi connectivity index (χ0) is 10.3. The number of rotatable bonds is 3. The van der Waals surface area contributed by atoms with E-state index in [4.69, 9.17) is 0 Å². The molecule has 2 heteroatoms. The van der Waals surface area contributed by atoms with Crippen LogP contribution in [0.1, 0.15) is 49.1 Å². The van der Waals surface area contributed by atoms with Gasteiger partial charge in [-0.2, -0.15) is 0 Å². The summed E-state index contributed by atoms with van der Waals surface area (Å²) in [5.41, 5.74) is 1.60. The second kappa shape index (κ2) is 3.91. The Balaban J connectivity index is 1.72. The first-order chi connectivity index (χ1) is 7.34. The van der Waals surface area contributed by atoms with Crippen LogP contribution in [0.3, 0.4) is 0 Å². The minimum Gasteiger partial charge on any atom is -0.307 e. The molecule has 0 aromatic carbocycles. The number of fused-ring (bicyclic) bond motifs is 1. The molecule has 0 bridgehead atoms. The number of hydrogen-bond acceptors (Lipinski definition) is 2. The molecule has 1 aromatic heterocycles. The van der Waals surface area contributed by atoms with Gasteiger partial charge in [0.25, 0.3) is 0 Å². The van der Waals surface area contributed by atoms with Crippen LogP contribution in [-0.4, -0.2) is 6.04 Å². The van der Waals surface area contributed by atoms with Gasteiger partial charge in [0.2, 0.25) is 0 Å². The van der Waals surface area contributed by atoms with Crippen LogP contribution in [0.25, 0.3) is 0 Å². The summed E-state index contributed by atoms with van der Waals surface area (Å²) in [7, 11) is 0. The standard InChI is InChI=1S/C13H19NS/c1-9(10-5-6-10)14-12-3-2-4-13-11(12)7-8-15-13/h7-10,12,14H,2-6H2,1H3. The van der Waals surface area contributed by atoms with E-state index in [9.17, 15) is 0 Å². The molecule has 0 spiro atoms. The van der Waals surface area contributed by atoms with Crippen molar-refractivity contribution >= 4 is 11.3 Å². The van der Waals surface area contributed by atoms with E-state index in [0.717, 1.165) is 12.0 Å². The maximum absolute atomic E-state index is 3.83. The van der Waals surface area contributed by atoms with Crippen molar-refractivity contribution in [1.82, 2.24) is 5.32 Å². The van der Waals surface area contributed by atoms with Gasteiger partial charge in [-0.25, -0.2) is 0 Å². The molecule has 0 amide bonds. The summed E-state index contributed by atoms with van der Waals surface area (Å²) in [6.07, 6.45) is 6.89. The lowest BCUT2D eigenvalue weighted by Crippen LogP contribution is -2.33. The molecule has 0 radical (unpaired) electrons. The molecule has 1 nitrogen and oxygen atoms in total. The van der Waals surface area contributed by atoms with Crippen LogP contribution in [0.2, 0.25) is 0 Å². The molecule has 1 fully saturated rings. The summed E-state index contributed by atoms with van der Waals surface area (Å²) in [6, 6.07) is 3.70. The molecule has 15 heavy (non-hydrogen) atoms. The lowest BCUT2D eigenvalue weighted by atomic mass is 9.93. The Morgan fingerprint density at radius 3 is 3.07 bits per heavy atom. The predicted octanol–water partition coefficient (Wildman–Crippen LogP) is 3.51. The molecular formula is C13H19NS. The van der Waals surface area contributed by atoms with E-state index in [1.165, 1.54) is 32.1 Å². The minimum absolute atomic E-state index is 0.649. The monoisotopic (exact) mass is 221 g/mol. The molecular weight excluding hydrogens is 202 g/mol. The van der Waals surface area contributed by atoms with E-state index in [1.807, 2.05) is 11.3 Å². The molecule has 3 rings (SSSR count). The van der Waals surface area contributed by atoms with E-state index < -0.39 is 0 Å². The van der Waals surface area contributed by atoms with Gasteiger partial charge in [-0.15, -0.1) is 11.3 Å². The normalized spacial score (nSPS) is 27.4. The smallest absolute Gasteiger partial charge is 0.0333 e. The van der Waals surface area contributed by atoms with Crippen LogP contribution in [-0.2, 0) is 6.42 Å². The molecule has 2 unspecified atom stereocenters. The molecule has 2 aliphatic carbocycles. The van der Waals surface area contributed by atoms with Crippen molar-refractivity contribution in [2.45, 2.75) is 51.1 Å². The highest BCUT2D eigenvalue weighted by Crippen LogP contribution is 2.37. The first kappa shape index (κ1) is 9.86. The lowest BCUT2D eigenvalue weighted by Gasteiger charge is -2.27. The van der Waals surface area contributed by atoms with Crippen molar-refractivity contribution in [1.29, 1.82) is 0 Å². The van der Waals surface area contributed by atoms with E-state index in [0.29, 0.717) is 6.04 Å². The van der Waals surface area contributed by atoms with Crippen molar-refractivity contribution in [3.05, 3.63) is 21.9 Å². The van der Waals surface area contributed by atoms with E-state index in [2.05, 4.69) is 23.7 Å². The second-order valence-electron chi connectivity index (χ2n) is 5.04. The molecule has 82 valence electrons. The van der Waals surface area contributed by atoms with E-state index in [-0.39, 0.29) is 0 Å². The quantitative estimate of drug-likeness (QED) is 0.823. The van der Waals surface area contributed by atoms with Gasteiger partial charge in [0.05, 0.1) is 0 Å². The number of aryl methyl sites for hydroxylation is 1. The minimum atomic E-state index is 0.649. The van der Waals surface area contributed by atoms with Crippen LogP contribution >= 0.6 is 11.3 Å². The summed E-state index contributed by atoms with van der Waals surface area (Å²) in [4.78, 5) is 1.63.